The number of amides is 7. The molecule has 0 unspecified atom stereocenters. The van der Waals surface area contributed by atoms with Crippen LogP contribution in [0, 0.1) is 11.8 Å². The maximum absolute atomic E-state index is 13.9. The number of ether oxygens (including phenoxy) is 1. The number of fused-ring (bicyclic) bond motifs is 2. The van der Waals surface area contributed by atoms with Crippen LogP contribution in [0.1, 0.15) is 117 Å². The van der Waals surface area contributed by atoms with Crippen LogP contribution in [0.5, 0.6) is 0 Å². The van der Waals surface area contributed by atoms with Crippen LogP contribution >= 0.6 is 0 Å². The number of hydrogen-bond acceptors (Lipinski definition) is 11. The summed E-state index contributed by atoms with van der Waals surface area (Å²) >= 11 is 0. The Kier molecular flexibility index (Phi) is 22.4. The Hall–Kier alpha value is -7.35. The summed E-state index contributed by atoms with van der Waals surface area (Å²) in [5.74, 6) is -4.20. The fourth-order valence-electron chi connectivity index (χ4n) is 10.3. The van der Waals surface area contributed by atoms with Crippen molar-refractivity contribution in [3.8, 4) is 22.5 Å². The molecule has 2 aromatic rings. The minimum Gasteiger partial charge on any atom is -0.480 e. The highest BCUT2D eigenvalue weighted by Gasteiger charge is 2.52. The molecule has 0 saturated carbocycles. The molecule has 428 valence electrons. The van der Waals surface area contributed by atoms with E-state index in [0.717, 1.165) is 89.9 Å². The lowest BCUT2D eigenvalue weighted by Crippen LogP contribution is -2.53. The first-order valence-corrected chi connectivity index (χ1v) is 28.2. The molecule has 2 fully saturated rings. The van der Waals surface area contributed by atoms with Gasteiger partial charge in [-0.1, -0.05) is 58.7 Å². The molecular weight excluding hydrogens is 1010 g/mol. The summed E-state index contributed by atoms with van der Waals surface area (Å²) in [6.45, 7) is 19.7. The number of nitrogens with one attached hydrogen (secondary N) is 6. The molecule has 2 aromatic carbocycles. The summed E-state index contributed by atoms with van der Waals surface area (Å²) in [5, 5.41) is 27.7. The van der Waals surface area contributed by atoms with Crippen LogP contribution in [0.4, 0.5) is 5.69 Å². The van der Waals surface area contributed by atoms with Gasteiger partial charge in [-0.25, -0.2) is 9.37 Å². The molecule has 0 radical (unpaired) electrons. The molecule has 0 bridgehead atoms. The van der Waals surface area contributed by atoms with E-state index in [2.05, 4.69) is 105 Å². The number of likely N-dealkylation sites (tertiary alicyclic amines) is 1. The molecule has 20 heteroatoms. The van der Waals surface area contributed by atoms with Gasteiger partial charge in [-0.2, -0.15) is 0 Å². The van der Waals surface area contributed by atoms with E-state index in [1.807, 2.05) is 52.0 Å². The maximum Gasteiger partial charge on any atom is 0.326 e. The number of carboxylic acids is 1. The van der Waals surface area contributed by atoms with Gasteiger partial charge in [0.2, 0.25) is 29.0 Å². The quantitative estimate of drug-likeness (QED) is 0.0173. The predicted molar refractivity (Wildman–Crippen MR) is 302 cm³/mol. The Labute approximate surface area is 463 Å². The predicted octanol–water partition coefficient (Wildman–Crippen LogP) is 4.41. The number of nitrogens with zero attached hydrogens (tertiary/aromatic N) is 3. The summed E-state index contributed by atoms with van der Waals surface area (Å²) in [5.41, 5.74) is 5.05. The van der Waals surface area contributed by atoms with E-state index in [0.29, 0.717) is 37.9 Å². The lowest BCUT2D eigenvalue weighted by molar-refractivity contribution is -0.149. The topological polar surface area (TPSA) is 264 Å². The van der Waals surface area contributed by atoms with Crippen LogP contribution < -0.4 is 46.7 Å². The van der Waals surface area contributed by atoms with Crippen LogP contribution in [0.2, 0.25) is 0 Å². The van der Waals surface area contributed by atoms with Crippen molar-refractivity contribution in [2.75, 3.05) is 63.8 Å². The standard InChI is InChI=1S/C59H81N9O11/c1-9-66(10-2)38-23-25-42-47(32-38)78-48-33-39(67(11-3)12-4)24-26-43(48)51(42)40-20-15-16-21-41(40)54(71)61-28-18-14-13-17-27-60-49(69)34-62-50(70)35-63-55(72)44(30-36(5)6)64-56(73)52-53(79-52)57(74)65-45(31-37(7)8)58(75)68-29-19-22-46(68)59(76)77/h15-16,20-21,23-26,32-33,36-37,44-46,52-53H,9-14,17-19,22,27-31,34-35H2,1-8H3,(H6-,60,61,62,63,64,65,69,70,71,72,73,74,76,77)/p+1/t44-,45-,46-,52-,53-/m0/s1. The second-order valence-electron chi connectivity index (χ2n) is 21.1. The molecule has 7 N–H and O–H groups in total. The smallest absolute Gasteiger partial charge is 0.326 e. The summed E-state index contributed by atoms with van der Waals surface area (Å²) < 4.78 is 14.3. The van der Waals surface area contributed by atoms with Crippen LogP contribution in [-0.2, 0) is 38.3 Å². The molecule has 0 spiro atoms. The zero-order valence-electron chi connectivity index (χ0n) is 47.2. The third-order valence-corrected chi connectivity index (χ3v) is 14.5. The van der Waals surface area contributed by atoms with Crippen molar-refractivity contribution in [2.45, 2.75) is 137 Å². The Morgan fingerprint density at radius 1 is 0.709 bits per heavy atom. The van der Waals surface area contributed by atoms with Gasteiger partial charge in [-0.3, -0.25) is 33.6 Å². The molecule has 6 rings (SSSR count). The number of rotatable bonds is 29. The minimum absolute atomic E-state index is 0.0171. The van der Waals surface area contributed by atoms with Gasteiger partial charge in [0.15, 0.2) is 12.2 Å². The third-order valence-electron chi connectivity index (χ3n) is 14.5. The highest BCUT2D eigenvalue weighted by atomic mass is 16.6. The average Bonchev–Trinajstić information content (AvgIpc) is 4.13. The number of epoxide rings is 1. The normalized spacial score (nSPS) is 16.5. The Morgan fingerprint density at radius 2 is 1.33 bits per heavy atom. The zero-order valence-corrected chi connectivity index (χ0v) is 47.2. The number of benzene rings is 3. The number of anilines is 1. The van der Waals surface area contributed by atoms with Crippen molar-refractivity contribution in [2.24, 2.45) is 11.8 Å². The molecule has 4 aliphatic rings. The van der Waals surface area contributed by atoms with Gasteiger partial charge in [-0.05, 0) is 108 Å². The molecule has 3 aliphatic heterocycles. The molecular formula is C59H82N9O11+. The molecule has 3 heterocycles. The van der Waals surface area contributed by atoms with Crippen molar-refractivity contribution in [3.63, 3.8) is 0 Å². The summed E-state index contributed by atoms with van der Waals surface area (Å²) in [6.07, 6.45) is 1.89. The zero-order chi connectivity index (χ0) is 57.3. The van der Waals surface area contributed by atoms with Gasteiger partial charge in [0, 0.05) is 72.6 Å². The Bertz CT molecular complexity index is 2850. The van der Waals surface area contributed by atoms with Crippen molar-refractivity contribution in [1.29, 1.82) is 0 Å². The third kappa shape index (κ3) is 16.4. The van der Waals surface area contributed by atoms with E-state index in [1.165, 1.54) is 4.90 Å². The van der Waals surface area contributed by atoms with E-state index in [4.69, 9.17) is 9.15 Å². The fraction of sp³-hybridized carbons (Fsp3) is 0.542. The second kappa shape index (κ2) is 29.0. The molecule has 79 heavy (non-hydrogen) atoms. The van der Waals surface area contributed by atoms with Gasteiger partial charge in [0.25, 0.3) is 17.7 Å². The van der Waals surface area contributed by atoms with Crippen LogP contribution in [0.15, 0.2) is 65.1 Å². The number of hydrogen-bond donors (Lipinski definition) is 7. The summed E-state index contributed by atoms with van der Waals surface area (Å²) in [7, 11) is 0. The van der Waals surface area contributed by atoms with Gasteiger partial charge < -0.3 is 56.0 Å². The van der Waals surface area contributed by atoms with Crippen LogP contribution in [0.3, 0.4) is 0 Å². The van der Waals surface area contributed by atoms with Crippen molar-refractivity contribution < 1.29 is 52.6 Å². The first-order chi connectivity index (χ1) is 37.9. The van der Waals surface area contributed by atoms with E-state index in [9.17, 15) is 43.5 Å². The summed E-state index contributed by atoms with van der Waals surface area (Å²) in [6, 6.07) is 17.2. The molecule has 1 aliphatic carbocycles. The van der Waals surface area contributed by atoms with Crippen LogP contribution in [-0.4, -0.2) is 147 Å². The average molecular weight is 1090 g/mol. The lowest BCUT2D eigenvalue weighted by atomic mass is 9.90. The number of carboxylic acid groups (broad SMARTS) is 1. The highest BCUT2D eigenvalue weighted by molar-refractivity contribution is 6.09. The molecule has 5 atom stereocenters. The van der Waals surface area contributed by atoms with E-state index >= 15 is 0 Å². The van der Waals surface area contributed by atoms with E-state index in [1.54, 1.807) is 0 Å². The fourth-order valence-corrected chi connectivity index (χ4v) is 10.3. The first-order valence-electron chi connectivity index (χ1n) is 28.2. The van der Waals surface area contributed by atoms with Gasteiger partial charge >= 0.3 is 5.97 Å². The largest absolute Gasteiger partial charge is 0.480 e. The second-order valence-corrected chi connectivity index (χ2v) is 21.1. The lowest BCUT2D eigenvalue weighted by Gasteiger charge is -2.28. The molecule has 20 nitrogen and oxygen atoms in total. The minimum atomic E-state index is -1.22. The number of unbranched alkanes of at least 4 members (excludes halogenated alkanes) is 3. The van der Waals surface area contributed by atoms with Crippen LogP contribution in [0.25, 0.3) is 33.4 Å². The number of carbonyl (C=O) groups excluding carboxylic acids is 7. The highest BCUT2D eigenvalue weighted by Crippen LogP contribution is 2.42. The molecule has 0 aromatic heterocycles. The monoisotopic (exact) mass is 1090 g/mol. The van der Waals surface area contributed by atoms with Gasteiger partial charge in [-0.15, -0.1) is 0 Å². The number of carbonyl (C=O) groups is 8. The van der Waals surface area contributed by atoms with E-state index < -0.39 is 78.3 Å². The van der Waals surface area contributed by atoms with Crippen molar-refractivity contribution >= 4 is 64.0 Å². The van der Waals surface area contributed by atoms with Gasteiger partial charge in [0.05, 0.1) is 19.2 Å². The SMILES string of the molecule is CCN(CC)c1ccc2c(-c3ccccc3C(=O)NCCCCCCNC(=O)CNC(=O)CNC(=O)[C@H](CC(C)C)NC(=O)[C@H]3O[C@@H]3C(=O)N[C@@H](CC(C)C)C(=O)N3CCC[C@H]3C(=O)O)c3ccc(=[N+](CC)CC)cc-3oc2c1. The van der Waals surface area contributed by atoms with Gasteiger partial charge in [0.1, 0.15) is 42.6 Å². The van der Waals surface area contributed by atoms with Crippen molar-refractivity contribution in [3.05, 3.63) is 71.6 Å². The Morgan fingerprint density at radius 3 is 1.97 bits per heavy atom. The molecule has 2 saturated heterocycles. The Balaban J connectivity index is 0.912. The van der Waals surface area contributed by atoms with Crippen molar-refractivity contribution in [1.82, 2.24) is 41.4 Å². The number of aliphatic carboxylic acids is 1. The maximum atomic E-state index is 13.9. The summed E-state index contributed by atoms with van der Waals surface area (Å²) in [4.78, 5) is 107. The first kappa shape index (κ1) is 60.9. The van der Waals surface area contributed by atoms with E-state index in [-0.39, 0.29) is 43.7 Å². The molecule has 7 amide bonds.